The van der Waals surface area contributed by atoms with Gasteiger partial charge in [-0.1, -0.05) is 65.7 Å². The fourth-order valence-electron chi connectivity index (χ4n) is 2.08. The molecule has 0 aliphatic rings. The molecule has 0 saturated carbocycles. The molecule has 0 spiro atoms. The van der Waals surface area contributed by atoms with Crippen molar-refractivity contribution in [1.82, 2.24) is 0 Å². The Balaban J connectivity index is 0. The zero-order chi connectivity index (χ0) is 14.5. The van der Waals surface area contributed by atoms with Gasteiger partial charge < -0.3 is 5.11 Å². The van der Waals surface area contributed by atoms with E-state index in [1.807, 2.05) is 13.8 Å². The van der Waals surface area contributed by atoms with Crippen LogP contribution in [0.2, 0.25) is 0 Å². The van der Waals surface area contributed by atoms with Crippen molar-refractivity contribution in [3.8, 4) is 0 Å². The quantitative estimate of drug-likeness (QED) is 0.335. The first-order chi connectivity index (χ1) is 9.09. The fourth-order valence-corrected chi connectivity index (χ4v) is 2.08. The minimum absolute atomic E-state index is 0. The Morgan fingerprint density at radius 1 is 1.05 bits per heavy atom. The second kappa shape index (κ2) is 15.5. The summed E-state index contributed by atoms with van der Waals surface area (Å²) in [4.78, 5) is 15.1. The van der Waals surface area contributed by atoms with E-state index in [1.54, 1.807) is 6.21 Å². The average molecular weight is 293 g/mol. The van der Waals surface area contributed by atoms with Gasteiger partial charge in [-0.2, -0.15) is 0 Å². The Kier molecular flexibility index (Phi) is 17.4. The summed E-state index contributed by atoms with van der Waals surface area (Å²) in [6.45, 7) is 6.03. The molecule has 0 saturated heterocycles. The zero-order valence-corrected chi connectivity index (χ0v) is 12.9. The van der Waals surface area contributed by atoms with E-state index in [0.717, 1.165) is 12.8 Å². The van der Waals surface area contributed by atoms with Gasteiger partial charge in [0.2, 0.25) is 0 Å². The Bertz CT molecular complexity index is 255. The molecule has 1 atom stereocenters. The SMILES string of the molecule is CCCCCCCCCCC=N[C@H](C(=O)O)C(C)C.[NaH]. The maximum atomic E-state index is 10.9. The Labute approximate surface area is 146 Å². The van der Waals surface area contributed by atoms with Crippen LogP contribution in [-0.4, -0.2) is 52.9 Å². The molecule has 114 valence electrons. The molecule has 0 aromatic carbocycles. The molecule has 0 aliphatic heterocycles. The third kappa shape index (κ3) is 13.1. The summed E-state index contributed by atoms with van der Waals surface area (Å²) in [6, 6.07) is -0.575. The van der Waals surface area contributed by atoms with Crippen LogP contribution < -0.4 is 0 Å². The number of nitrogens with zero attached hydrogens (tertiary/aromatic N) is 1. The van der Waals surface area contributed by atoms with Gasteiger partial charge in [0.15, 0.2) is 0 Å². The molecule has 1 N–H and O–H groups in total. The predicted molar refractivity (Wildman–Crippen MR) is 89.1 cm³/mol. The number of unbranched alkanes of at least 4 members (excludes halogenated alkanes) is 8. The first-order valence-corrected chi connectivity index (χ1v) is 7.84. The summed E-state index contributed by atoms with van der Waals surface area (Å²) in [6.07, 6.45) is 13.1. The molecule has 0 aromatic heterocycles. The van der Waals surface area contributed by atoms with Crippen LogP contribution in [0.5, 0.6) is 0 Å². The number of carbonyl (C=O) groups is 1. The van der Waals surface area contributed by atoms with Crippen molar-refractivity contribution in [2.75, 3.05) is 0 Å². The van der Waals surface area contributed by atoms with Crippen LogP contribution in [0.25, 0.3) is 0 Å². The summed E-state index contributed by atoms with van der Waals surface area (Å²) in [5.41, 5.74) is 0. The van der Waals surface area contributed by atoms with Crippen molar-refractivity contribution in [2.45, 2.75) is 84.6 Å². The predicted octanol–water partition coefficient (Wildman–Crippen LogP) is 4.05. The van der Waals surface area contributed by atoms with E-state index < -0.39 is 12.0 Å². The normalized spacial score (nSPS) is 12.6. The van der Waals surface area contributed by atoms with Crippen LogP contribution in [0.15, 0.2) is 4.99 Å². The van der Waals surface area contributed by atoms with E-state index in [9.17, 15) is 4.79 Å². The van der Waals surface area contributed by atoms with E-state index in [-0.39, 0.29) is 35.5 Å². The minimum atomic E-state index is -0.817. The zero-order valence-electron chi connectivity index (χ0n) is 12.9. The van der Waals surface area contributed by atoms with E-state index in [1.165, 1.54) is 44.9 Å². The summed E-state index contributed by atoms with van der Waals surface area (Å²) >= 11 is 0. The third-order valence-electron chi connectivity index (χ3n) is 3.34. The van der Waals surface area contributed by atoms with Crippen molar-refractivity contribution in [1.29, 1.82) is 0 Å². The van der Waals surface area contributed by atoms with E-state index in [0.29, 0.717) is 0 Å². The average Bonchev–Trinajstić information content (AvgIpc) is 2.35. The molecule has 0 fully saturated rings. The van der Waals surface area contributed by atoms with Gasteiger partial charge in [-0.3, -0.25) is 4.99 Å². The van der Waals surface area contributed by atoms with Gasteiger partial charge in [0.1, 0.15) is 6.04 Å². The monoisotopic (exact) mass is 293 g/mol. The van der Waals surface area contributed by atoms with Gasteiger partial charge in [0, 0.05) is 0 Å². The van der Waals surface area contributed by atoms with Crippen LogP contribution >= 0.6 is 0 Å². The summed E-state index contributed by atoms with van der Waals surface area (Å²) in [5.74, 6) is -0.755. The van der Waals surface area contributed by atoms with Crippen molar-refractivity contribution in [3.05, 3.63) is 0 Å². The van der Waals surface area contributed by atoms with Crippen LogP contribution in [0, 0.1) is 5.92 Å². The van der Waals surface area contributed by atoms with Gasteiger partial charge in [-0.15, -0.1) is 0 Å². The van der Waals surface area contributed by atoms with E-state index in [4.69, 9.17) is 5.11 Å². The molecular formula is C16H32NNaO2. The molecule has 0 radical (unpaired) electrons. The molecule has 0 heterocycles. The summed E-state index contributed by atoms with van der Waals surface area (Å²) in [7, 11) is 0. The maximum absolute atomic E-state index is 10.9. The van der Waals surface area contributed by atoms with Crippen molar-refractivity contribution < 1.29 is 9.90 Å². The first kappa shape index (κ1) is 22.4. The number of aliphatic carboxylic acids is 1. The summed E-state index contributed by atoms with van der Waals surface area (Å²) in [5, 5.41) is 8.97. The molecule has 4 heteroatoms. The molecule has 0 aromatic rings. The molecular weight excluding hydrogens is 261 g/mol. The van der Waals surface area contributed by atoms with Crippen molar-refractivity contribution in [2.24, 2.45) is 10.9 Å². The standard InChI is InChI=1S/C16H31NO2.Na.H/c1-4-5-6-7-8-9-10-11-12-13-17-15(14(2)3)16(18)19;;/h13-15H,4-12H2,1-3H3,(H,18,19);;/t15-;;/m0../s1. The van der Waals surface area contributed by atoms with E-state index >= 15 is 0 Å². The summed E-state index contributed by atoms with van der Waals surface area (Å²) < 4.78 is 0. The van der Waals surface area contributed by atoms with Crippen molar-refractivity contribution >= 4 is 41.7 Å². The van der Waals surface area contributed by atoms with Gasteiger partial charge in [0.25, 0.3) is 0 Å². The van der Waals surface area contributed by atoms with Gasteiger partial charge in [-0.05, 0) is 25.0 Å². The number of hydrogen-bond donors (Lipinski definition) is 1. The fraction of sp³-hybridized carbons (Fsp3) is 0.875. The topological polar surface area (TPSA) is 49.7 Å². The Morgan fingerprint density at radius 2 is 1.55 bits per heavy atom. The molecule has 20 heavy (non-hydrogen) atoms. The number of carboxylic acid groups (broad SMARTS) is 1. The van der Waals surface area contributed by atoms with Gasteiger partial charge in [-0.25, -0.2) is 4.79 Å². The third-order valence-corrected chi connectivity index (χ3v) is 3.34. The molecule has 0 amide bonds. The van der Waals surface area contributed by atoms with Gasteiger partial charge >= 0.3 is 35.5 Å². The number of hydrogen-bond acceptors (Lipinski definition) is 2. The number of rotatable bonds is 12. The van der Waals surface area contributed by atoms with Crippen LogP contribution in [-0.2, 0) is 4.79 Å². The van der Waals surface area contributed by atoms with Gasteiger partial charge in [0.05, 0.1) is 0 Å². The molecule has 0 unspecified atom stereocenters. The van der Waals surface area contributed by atoms with Crippen LogP contribution in [0.3, 0.4) is 0 Å². The van der Waals surface area contributed by atoms with E-state index in [2.05, 4.69) is 11.9 Å². The molecule has 0 aliphatic carbocycles. The second-order valence-electron chi connectivity index (χ2n) is 5.62. The first-order valence-electron chi connectivity index (χ1n) is 7.84. The Morgan fingerprint density at radius 3 is 2.00 bits per heavy atom. The molecule has 3 nitrogen and oxygen atoms in total. The number of aliphatic imine (C=N–C) groups is 1. The Hall–Kier alpha value is 0.140. The molecule has 0 rings (SSSR count). The second-order valence-corrected chi connectivity index (χ2v) is 5.62. The van der Waals surface area contributed by atoms with Crippen molar-refractivity contribution in [3.63, 3.8) is 0 Å². The van der Waals surface area contributed by atoms with Crippen LogP contribution in [0.1, 0.15) is 78.6 Å². The number of carboxylic acids is 1. The molecule has 0 bridgehead atoms. The van der Waals surface area contributed by atoms with Crippen LogP contribution in [0.4, 0.5) is 0 Å².